The van der Waals surface area contributed by atoms with E-state index in [9.17, 15) is 4.79 Å². The van der Waals surface area contributed by atoms with Gasteiger partial charge in [0, 0.05) is 37.3 Å². The van der Waals surface area contributed by atoms with E-state index < -0.39 is 0 Å². The summed E-state index contributed by atoms with van der Waals surface area (Å²) in [7, 11) is 0. The van der Waals surface area contributed by atoms with Crippen LogP contribution in [0.4, 0.5) is 5.69 Å². The Morgan fingerprint density at radius 2 is 1.89 bits per heavy atom. The molecule has 1 amide bonds. The van der Waals surface area contributed by atoms with Gasteiger partial charge in [0.1, 0.15) is 0 Å². The monoisotopic (exact) mass is 244 g/mol. The molecule has 0 N–H and O–H groups in total. The summed E-state index contributed by atoms with van der Waals surface area (Å²) < 4.78 is 0. The quantitative estimate of drug-likeness (QED) is 0.795. The van der Waals surface area contributed by atoms with E-state index in [1.165, 1.54) is 5.69 Å². The van der Waals surface area contributed by atoms with E-state index in [0.29, 0.717) is 17.9 Å². The molecule has 18 heavy (non-hydrogen) atoms. The highest BCUT2D eigenvalue weighted by Gasteiger charge is 2.37. The molecule has 0 bridgehead atoms. The second-order valence-electron chi connectivity index (χ2n) is 5.44. The number of carbonyl (C=O) groups excluding carboxylic acids is 1. The summed E-state index contributed by atoms with van der Waals surface area (Å²) in [5, 5.41) is 0. The molecule has 96 valence electrons. The van der Waals surface area contributed by atoms with Crippen LogP contribution in [-0.4, -0.2) is 36.5 Å². The van der Waals surface area contributed by atoms with Crippen molar-refractivity contribution in [2.75, 3.05) is 24.5 Å². The van der Waals surface area contributed by atoms with E-state index >= 15 is 0 Å². The third-order valence-corrected chi connectivity index (χ3v) is 3.96. The molecular formula is C15H20N2O. The highest BCUT2D eigenvalue weighted by molar-refractivity contribution is 5.81. The second kappa shape index (κ2) is 4.63. The molecule has 3 nitrogen and oxygen atoms in total. The van der Waals surface area contributed by atoms with Crippen LogP contribution in [0.3, 0.4) is 0 Å². The molecule has 1 aromatic carbocycles. The molecule has 1 saturated carbocycles. The van der Waals surface area contributed by atoms with Crippen LogP contribution in [0.5, 0.6) is 0 Å². The fourth-order valence-corrected chi connectivity index (χ4v) is 2.72. The molecule has 1 aromatic rings. The molecule has 2 fully saturated rings. The number of rotatable bonds is 2. The van der Waals surface area contributed by atoms with Gasteiger partial charge in [0.25, 0.3) is 0 Å². The Bertz CT molecular complexity index is 427. The Kier molecular flexibility index (Phi) is 2.98. The third-order valence-electron chi connectivity index (χ3n) is 3.96. The normalized spacial score (nSPS) is 24.2. The van der Waals surface area contributed by atoms with Crippen molar-refractivity contribution in [3.8, 4) is 0 Å². The summed E-state index contributed by atoms with van der Waals surface area (Å²) in [6.07, 6.45) is 2.20. The highest BCUT2D eigenvalue weighted by Crippen LogP contribution is 2.32. The number of para-hydroxylation sites is 1. The summed E-state index contributed by atoms with van der Waals surface area (Å²) in [5.41, 5.74) is 1.27. The maximum Gasteiger partial charge on any atom is 0.226 e. The first kappa shape index (κ1) is 11.6. The fraction of sp³-hybridized carbons (Fsp3) is 0.533. The molecule has 1 atom stereocenters. The number of hydrogen-bond donors (Lipinski definition) is 0. The van der Waals surface area contributed by atoms with Crippen molar-refractivity contribution < 1.29 is 4.79 Å². The van der Waals surface area contributed by atoms with Gasteiger partial charge in [-0.3, -0.25) is 4.79 Å². The van der Waals surface area contributed by atoms with Gasteiger partial charge < -0.3 is 9.80 Å². The van der Waals surface area contributed by atoms with Crippen molar-refractivity contribution in [1.29, 1.82) is 0 Å². The summed E-state index contributed by atoms with van der Waals surface area (Å²) in [6, 6.07) is 10.8. The SMILES string of the molecule is CC1CN(c2ccccc2)CCN1C(=O)C1CC1. The largest absolute Gasteiger partial charge is 0.368 e. The van der Waals surface area contributed by atoms with Gasteiger partial charge in [0.05, 0.1) is 0 Å². The van der Waals surface area contributed by atoms with Crippen LogP contribution in [-0.2, 0) is 4.79 Å². The minimum absolute atomic E-state index is 0.326. The number of anilines is 1. The average Bonchev–Trinajstić information content (AvgIpc) is 3.23. The maximum atomic E-state index is 12.1. The average molecular weight is 244 g/mol. The van der Waals surface area contributed by atoms with Crippen LogP contribution in [0.15, 0.2) is 30.3 Å². The van der Waals surface area contributed by atoms with E-state index in [4.69, 9.17) is 0 Å². The zero-order chi connectivity index (χ0) is 12.5. The number of nitrogens with zero attached hydrogens (tertiary/aromatic N) is 2. The third kappa shape index (κ3) is 2.22. The predicted molar refractivity (Wildman–Crippen MR) is 72.6 cm³/mol. The van der Waals surface area contributed by atoms with Crippen LogP contribution in [0.25, 0.3) is 0 Å². The standard InChI is InChI=1S/C15H20N2O/c1-12-11-16(14-5-3-2-4-6-14)9-10-17(12)15(18)13-7-8-13/h2-6,12-13H,7-11H2,1H3. The number of amides is 1. The van der Waals surface area contributed by atoms with Crippen molar-refractivity contribution in [1.82, 2.24) is 4.90 Å². The van der Waals surface area contributed by atoms with Gasteiger partial charge >= 0.3 is 0 Å². The zero-order valence-electron chi connectivity index (χ0n) is 10.9. The van der Waals surface area contributed by atoms with E-state index in [-0.39, 0.29) is 0 Å². The summed E-state index contributed by atoms with van der Waals surface area (Å²) in [4.78, 5) is 16.6. The molecule has 1 saturated heterocycles. The molecule has 0 spiro atoms. The first-order valence-corrected chi connectivity index (χ1v) is 6.86. The van der Waals surface area contributed by atoms with Crippen molar-refractivity contribution in [3.05, 3.63) is 30.3 Å². The maximum absolute atomic E-state index is 12.1. The van der Waals surface area contributed by atoms with E-state index in [2.05, 4.69) is 41.0 Å². The predicted octanol–water partition coefficient (Wildman–Crippen LogP) is 2.13. The van der Waals surface area contributed by atoms with Gasteiger partial charge in [-0.05, 0) is 31.9 Å². The Morgan fingerprint density at radius 3 is 2.50 bits per heavy atom. The molecule has 1 heterocycles. The van der Waals surface area contributed by atoms with Crippen molar-refractivity contribution in [2.45, 2.75) is 25.8 Å². The zero-order valence-corrected chi connectivity index (χ0v) is 10.9. The van der Waals surface area contributed by atoms with Crippen molar-refractivity contribution >= 4 is 11.6 Å². The molecule has 0 aromatic heterocycles. The fourth-order valence-electron chi connectivity index (χ4n) is 2.72. The molecule has 1 unspecified atom stereocenters. The lowest BCUT2D eigenvalue weighted by Gasteiger charge is -2.41. The smallest absolute Gasteiger partial charge is 0.226 e. The molecule has 1 aliphatic carbocycles. The lowest BCUT2D eigenvalue weighted by molar-refractivity contribution is -0.134. The van der Waals surface area contributed by atoms with Gasteiger partial charge in [0.2, 0.25) is 5.91 Å². The van der Waals surface area contributed by atoms with Gasteiger partial charge in [-0.25, -0.2) is 0 Å². The van der Waals surface area contributed by atoms with Crippen LogP contribution in [0.1, 0.15) is 19.8 Å². The lowest BCUT2D eigenvalue weighted by atomic mass is 10.1. The summed E-state index contributed by atoms with van der Waals surface area (Å²) in [6.45, 7) is 4.93. The Labute approximate surface area is 108 Å². The van der Waals surface area contributed by atoms with Gasteiger partial charge in [-0.15, -0.1) is 0 Å². The number of piperazine rings is 1. The minimum atomic E-state index is 0.326. The first-order chi connectivity index (χ1) is 8.75. The lowest BCUT2D eigenvalue weighted by Crippen LogP contribution is -2.54. The van der Waals surface area contributed by atoms with Gasteiger partial charge in [-0.2, -0.15) is 0 Å². The van der Waals surface area contributed by atoms with Crippen molar-refractivity contribution in [3.63, 3.8) is 0 Å². The molecule has 1 aliphatic heterocycles. The molecule has 3 rings (SSSR count). The topological polar surface area (TPSA) is 23.6 Å². The molecule has 3 heteroatoms. The van der Waals surface area contributed by atoms with Crippen LogP contribution in [0, 0.1) is 5.92 Å². The highest BCUT2D eigenvalue weighted by atomic mass is 16.2. The molecule has 0 radical (unpaired) electrons. The summed E-state index contributed by atoms with van der Waals surface area (Å²) in [5.74, 6) is 0.728. The Hall–Kier alpha value is -1.51. The van der Waals surface area contributed by atoms with Crippen LogP contribution >= 0.6 is 0 Å². The summed E-state index contributed by atoms with van der Waals surface area (Å²) >= 11 is 0. The second-order valence-corrected chi connectivity index (χ2v) is 5.44. The Morgan fingerprint density at radius 1 is 1.17 bits per heavy atom. The number of benzene rings is 1. The number of carbonyl (C=O) groups is 1. The van der Waals surface area contributed by atoms with Gasteiger partial charge in [0.15, 0.2) is 0 Å². The van der Waals surface area contributed by atoms with Crippen LogP contribution < -0.4 is 4.90 Å². The van der Waals surface area contributed by atoms with Crippen LogP contribution in [0.2, 0.25) is 0 Å². The number of hydrogen-bond acceptors (Lipinski definition) is 2. The first-order valence-electron chi connectivity index (χ1n) is 6.86. The van der Waals surface area contributed by atoms with Gasteiger partial charge in [-0.1, -0.05) is 18.2 Å². The molecular weight excluding hydrogens is 224 g/mol. The van der Waals surface area contributed by atoms with E-state index in [1.807, 2.05) is 6.07 Å². The van der Waals surface area contributed by atoms with E-state index in [1.54, 1.807) is 0 Å². The van der Waals surface area contributed by atoms with E-state index in [0.717, 1.165) is 32.5 Å². The minimum Gasteiger partial charge on any atom is -0.368 e. The Balaban J connectivity index is 1.66. The molecule has 2 aliphatic rings. The van der Waals surface area contributed by atoms with Crippen molar-refractivity contribution in [2.24, 2.45) is 5.92 Å².